The van der Waals surface area contributed by atoms with Gasteiger partial charge in [0.2, 0.25) is 5.95 Å². The van der Waals surface area contributed by atoms with Crippen molar-refractivity contribution in [3.63, 3.8) is 0 Å². The van der Waals surface area contributed by atoms with Gasteiger partial charge in [-0.05, 0) is 25.0 Å². The minimum absolute atomic E-state index is 0.280. The Morgan fingerprint density at radius 3 is 2.86 bits per heavy atom. The first-order chi connectivity index (χ1) is 10.3. The summed E-state index contributed by atoms with van der Waals surface area (Å²) in [5, 5.41) is 6.34. The lowest BCUT2D eigenvalue weighted by Crippen LogP contribution is -2.19. The minimum Gasteiger partial charge on any atom is -0.376 e. The van der Waals surface area contributed by atoms with Gasteiger partial charge in [-0.15, -0.1) is 0 Å². The summed E-state index contributed by atoms with van der Waals surface area (Å²) in [7, 11) is 1.82. The van der Waals surface area contributed by atoms with Crippen molar-refractivity contribution in [1.82, 2.24) is 15.0 Å². The van der Waals surface area contributed by atoms with E-state index in [1.807, 2.05) is 25.2 Å². The third kappa shape index (κ3) is 3.46. The molecule has 6 nitrogen and oxygen atoms in total. The van der Waals surface area contributed by atoms with Gasteiger partial charge in [0.25, 0.3) is 0 Å². The van der Waals surface area contributed by atoms with E-state index in [0.717, 1.165) is 43.1 Å². The molecule has 3 rings (SSSR count). The van der Waals surface area contributed by atoms with Crippen LogP contribution in [0, 0.1) is 0 Å². The molecule has 0 unspecified atom stereocenters. The highest BCUT2D eigenvalue weighted by atomic mass is 16.5. The Hall–Kier alpha value is -2.21. The molecule has 110 valence electrons. The number of pyridine rings is 1. The molecule has 1 aliphatic heterocycles. The molecular weight excluding hydrogens is 266 g/mol. The maximum absolute atomic E-state index is 5.62. The molecule has 0 bridgehead atoms. The predicted octanol–water partition coefficient (Wildman–Crippen LogP) is 2.17. The van der Waals surface area contributed by atoms with Gasteiger partial charge in [0.05, 0.1) is 11.8 Å². The van der Waals surface area contributed by atoms with E-state index in [1.54, 1.807) is 12.4 Å². The lowest BCUT2D eigenvalue weighted by molar-refractivity contribution is 0.120. The fourth-order valence-corrected chi connectivity index (χ4v) is 2.34. The normalized spacial score (nSPS) is 17.7. The van der Waals surface area contributed by atoms with Crippen LogP contribution < -0.4 is 10.6 Å². The van der Waals surface area contributed by atoms with E-state index >= 15 is 0 Å². The average molecular weight is 285 g/mol. The zero-order valence-electron chi connectivity index (χ0n) is 12.0. The minimum atomic E-state index is 0.280. The number of ether oxygens (including phenoxy) is 1. The van der Waals surface area contributed by atoms with Gasteiger partial charge in [0.15, 0.2) is 0 Å². The van der Waals surface area contributed by atoms with E-state index in [2.05, 4.69) is 25.6 Å². The lowest BCUT2D eigenvalue weighted by Gasteiger charge is -2.13. The Labute approximate surface area is 124 Å². The molecule has 1 atom stereocenters. The molecule has 1 fully saturated rings. The molecule has 21 heavy (non-hydrogen) atoms. The second kappa shape index (κ2) is 6.49. The standard InChI is InChI=1S/C15H19N5O/c1-16-15-19-13(11-4-6-17-7-5-11)9-14(20-15)18-10-12-3-2-8-21-12/h4-7,9,12H,2-3,8,10H2,1H3,(H2,16,18,19,20)/t12-/m0/s1. The fourth-order valence-electron chi connectivity index (χ4n) is 2.34. The molecule has 3 heterocycles. The second-order valence-corrected chi connectivity index (χ2v) is 4.96. The van der Waals surface area contributed by atoms with E-state index in [0.29, 0.717) is 5.95 Å². The molecule has 0 saturated carbocycles. The van der Waals surface area contributed by atoms with Crippen molar-refractivity contribution in [3.8, 4) is 11.3 Å². The van der Waals surface area contributed by atoms with Crippen LogP contribution in [0.25, 0.3) is 11.3 Å². The van der Waals surface area contributed by atoms with E-state index in [9.17, 15) is 0 Å². The highest BCUT2D eigenvalue weighted by Gasteiger charge is 2.15. The number of rotatable bonds is 5. The predicted molar refractivity (Wildman–Crippen MR) is 82.3 cm³/mol. The van der Waals surface area contributed by atoms with Crippen LogP contribution in [-0.2, 0) is 4.74 Å². The van der Waals surface area contributed by atoms with Crippen molar-refractivity contribution in [2.24, 2.45) is 0 Å². The molecule has 1 aliphatic rings. The molecule has 0 amide bonds. The monoisotopic (exact) mass is 285 g/mol. The van der Waals surface area contributed by atoms with E-state index in [-0.39, 0.29) is 6.10 Å². The summed E-state index contributed by atoms with van der Waals surface area (Å²) < 4.78 is 5.62. The van der Waals surface area contributed by atoms with Gasteiger partial charge in [-0.1, -0.05) is 0 Å². The Morgan fingerprint density at radius 1 is 1.29 bits per heavy atom. The van der Waals surface area contributed by atoms with Crippen LogP contribution in [0.4, 0.5) is 11.8 Å². The third-order valence-electron chi connectivity index (χ3n) is 3.46. The fraction of sp³-hybridized carbons (Fsp3) is 0.400. The molecular formula is C15H19N5O. The van der Waals surface area contributed by atoms with Crippen molar-refractivity contribution in [2.75, 3.05) is 30.8 Å². The Bertz CT molecular complexity index is 584. The number of nitrogens with one attached hydrogen (secondary N) is 2. The highest BCUT2D eigenvalue weighted by Crippen LogP contribution is 2.21. The van der Waals surface area contributed by atoms with Gasteiger partial charge >= 0.3 is 0 Å². The number of aromatic nitrogens is 3. The second-order valence-electron chi connectivity index (χ2n) is 4.96. The summed E-state index contributed by atoms with van der Waals surface area (Å²) in [5.74, 6) is 1.40. The van der Waals surface area contributed by atoms with Crippen molar-refractivity contribution in [2.45, 2.75) is 18.9 Å². The molecule has 2 N–H and O–H groups in total. The van der Waals surface area contributed by atoms with Gasteiger partial charge < -0.3 is 15.4 Å². The first-order valence-electron chi connectivity index (χ1n) is 7.18. The maximum atomic E-state index is 5.62. The third-order valence-corrected chi connectivity index (χ3v) is 3.46. The highest BCUT2D eigenvalue weighted by molar-refractivity contribution is 5.63. The first-order valence-corrected chi connectivity index (χ1v) is 7.18. The van der Waals surface area contributed by atoms with Gasteiger partial charge in [0.1, 0.15) is 5.82 Å². The summed E-state index contributed by atoms with van der Waals surface area (Å²) in [6, 6.07) is 5.82. The largest absolute Gasteiger partial charge is 0.376 e. The van der Waals surface area contributed by atoms with Crippen LogP contribution in [0.1, 0.15) is 12.8 Å². The van der Waals surface area contributed by atoms with E-state index in [1.165, 1.54) is 0 Å². The Balaban J connectivity index is 1.79. The van der Waals surface area contributed by atoms with Crippen LogP contribution in [0.2, 0.25) is 0 Å². The molecule has 2 aromatic rings. The van der Waals surface area contributed by atoms with Crippen molar-refractivity contribution >= 4 is 11.8 Å². The number of nitrogens with zero attached hydrogens (tertiary/aromatic N) is 3. The molecule has 0 aromatic carbocycles. The number of hydrogen-bond acceptors (Lipinski definition) is 6. The quantitative estimate of drug-likeness (QED) is 0.877. The molecule has 0 radical (unpaired) electrons. The van der Waals surface area contributed by atoms with Crippen LogP contribution >= 0.6 is 0 Å². The van der Waals surface area contributed by atoms with Crippen LogP contribution in [0.15, 0.2) is 30.6 Å². The van der Waals surface area contributed by atoms with Crippen LogP contribution in [0.5, 0.6) is 0 Å². The summed E-state index contributed by atoms with van der Waals surface area (Å²) in [4.78, 5) is 12.9. The van der Waals surface area contributed by atoms with Gasteiger partial charge in [-0.3, -0.25) is 4.98 Å². The van der Waals surface area contributed by atoms with Crippen molar-refractivity contribution in [3.05, 3.63) is 30.6 Å². The van der Waals surface area contributed by atoms with E-state index < -0.39 is 0 Å². The first kappa shape index (κ1) is 13.8. The molecule has 1 saturated heterocycles. The average Bonchev–Trinajstić information content (AvgIpc) is 3.07. The van der Waals surface area contributed by atoms with Gasteiger partial charge in [-0.25, -0.2) is 4.98 Å². The summed E-state index contributed by atoms with van der Waals surface area (Å²) in [6.07, 6.45) is 6.04. The van der Waals surface area contributed by atoms with E-state index in [4.69, 9.17) is 4.74 Å². The summed E-state index contributed by atoms with van der Waals surface area (Å²) >= 11 is 0. The summed E-state index contributed by atoms with van der Waals surface area (Å²) in [5.41, 5.74) is 1.88. The Morgan fingerprint density at radius 2 is 2.14 bits per heavy atom. The zero-order valence-corrected chi connectivity index (χ0v) is 12.0. The lowest BCUT2D eigenvalue weighted by atomic mass is 10.2. The Kier molecular flexibility index (Phi) is 4.25. The SMILES string of the molecule is CNc1nc(NC[C@@H]2CCCO2)cc(-c2ccncc2)n1. The van der Waals surface area contributed by atoms with Crippen molar-refractivity contribution < 1.29 is 4.74 Å². The molecule has 6 heteroatoms. The molecule has 0 spiro atoms. The zero-order chi connectivity index (χ0) is 14.5. The maximum Gasteiger partial charge on any atom is 0.224 e. The number of hydrogen-bond donors (Lipinski definition) is 2. The van der Waals surface area contributed by atoms with Crippen molar-refractivity contribution in [1.29, 1.82) is 0 Å². The molecule has 0 aliphatic carbocycles. The smallest absolute Gasteiger partial charge is 0.224 e. The van der Waals surface area contributed by atoms with Gasteiger partial charge in [-0.2, -0.15) is 4.98 Å². The summed E-state index contributed by atoms with van der Waals surface area (Å²) in [6.45, 7) is 1.64. The number of anilines is 2. The topological polar surface area (TPSA) is 72.0 Å². The van der Waals surface area contributed by atoms with Crippen LogP contribution in [0.3, 0.4) is 0 Å². The van der Waals surface area contributed by atoms with Crippen LogP contribution in [-0.4, -0.2) is 41.3 Å². The van der Waals surface area contributed by atoms with Gasteiger partial charge in [0, 0.05) is 44.2 Å². The molecule has 2 aromatic heterocycles.